The maximum absolute atomic E-state index is 11.9. The van der Waals surface area contributed by atoms with Crippen LogP contribution in [-0.4, -0.2) is 28.5 Å². The summed E-state index contributed by atoms with van der Waals surface area (Å²) in [5, 5.41) is 13.1. The van der Waals surface area contributed by atoms with Gasteiger partial charge in [-0.05, 0) is 36.7 Å². The summed E-state index contributed by atoms with van der Waals surface area (Å²) in [4.78, 5) is 33.7. The monoisotopic (exact) mass is 408 g/mol. The van der Waals surface area contributed by atoms with Crippen LogP contribution in [0.15, 0.2) is 24.3 Å². The first kappa shape index (κ1) is 21.5. The van der Waals surface area contributed by atoms with Gasteiger partial charge < -0.3 is 10.1 Å². The fraction of sp³-hybridized carbons (Fsp3) is 0.500. The highest BCUT2D eigenvalue weighted by Crippen LogP contribution is 2.27. The maximum atomic E-state index is 11.9. The number of benzene rings is 1. The van der Waals surface area contributed by atoms with Crippen LogP contribution >= 0.6 is 12.2 Å². The number of rotatable bonds is 7. The van der Waals surface area contributed by atoms with Crippen LogP contribution in [0.4, 0.5) is 5.69 Å². The van der Waals surface area contributed by atoms with E-state index in [-0.39, 0.29) is 23.3 Å². The molecule has 1 aromatic carbocycles. The molecule has 152 valence electrons. The van der Waals surface area contributed by atoms with E-state index in [1.165, 1.54) is 56.4 Å². The number of nitrogens with one attached hydrogen (secondary N) is 3. The lowest BCUT2D eigenvalue weighted by atomic mass is 9.86. The Hall–Kier alpha value is -2.75. The largest absolute Gasteiger partial charge is 0.484 e. The molecule has 1 fully saturated rings. The third kappa shape index (κ3) is 7.87. The second-order valence-corrected chi connectivity index (χ2v) is 7.04. The summed E-state index contributed by atoms with van der Waals surface area (Å²) in [6.45, 7) is -0.316. The van der Waals surface area contributed by atoms with Gasteiger partial charge in [-0.2, -0.15) is 0 Å². The van der Waals surface area contributed by atoms with E-state index in [9.17, 15) is 19.7 Å². The van der Waals surface area contributed by atoms with Gasteiger partial charge in [0.25, 0.3) is 11.6 Å². The number of carbonyl (C=O) groups excluding carboxylic acids is 2. The summed E-state index contributed by atoms with van der Waals surface area (Å²) in [5.74, 6) is 0.230. The highest BCUT2D eigenvalue weighted by molar-refractivity contribution is 7.80. The molecule has 0 heterocycles. The standard InChI is InChI=1S/C18H24N4O5S/c23-16(11-6-13-4-2-1-3-5-13)19-18(28)21-20-17(24)12-27-15-9-7-14(8-10-15)22(25)26/h7-10,13H,1-6,11-12H2,(H,20,24)(H2,19,21,23,28). The van der Waals surface area contributed by atoms with Crippen LogP contribution in [0.25, 0.3) is 0 Å². The minimum absolute atomic E-state index is 0.0114. The predicted octanol–water partition coefficient (Wildman–Crippen LogP) is 2.36. The minimum Gasteiger partial charge on any atom is -0.484 e. The van der Waals surface area contributed by atoms with E-state index in [1.54, 1.807) is 0 Å². The molecule has 0 radical (unpaired) electrons. The number of ether oxygens (including phenoxy) is 1. The van der Waals surface area contributed by atoms with Gasteiger partial charge in [-0.15, -0.1) is 0 Å². The second-order valence-electron chi connectivity index (χ2n) is 6.63. The summed E-state index contributed by atoms with van der Waals surface area (Å²) in [6, 6.07) is 5.36. The normalized spacial score (nSPS) is 14.0. The molecule has 0 aliphatic heterocycles. The molecule has 1 aliphatic rings. The van der Waals surface area contributed by atoms with Crippen LogP contribution in [0.5, 0.6) is 5.75 Å². The van der Waals surface area contributed by atoms with Gasteiger partial charge in [0.15, 0.2) is 11.7 Å². The molecule has 2 amide bonds. The Labute approximate surface area is 168 Å². The van der Waals surface area contributed by atoms with Gasteiger partial charge in [-0.1, -0.05) is 32.1 Å². The fourth-order valence-electron chi connectivity index (χ4n) is 3.01. The Kier molecular flexibility index (Phi) is 8.60. The van der Waals surface area contributed by atoms with Crippen molar-refractivity contribution in [3.05, 3.63) is 34.4 Å². The number of thiocarbonyl (C=S) groups is 1. The van der Waals surface area contributed by atoms with Gasteiger partial charge in [0.2, 0.25) is 5.91 Å². The molecule has 0 bridgehead atoms. The van der Waals surface area contributed by atoms with Crippen molar-refractivity contribution in [1.29, 1.82) is 0 Å². The molecule has 3 N–H and O–H groups in total. The molecule has 10 heteroatoms. The Bertz CT molecular complexity index is 704. The zero-order valence-electron chi connectivity index (χ0n) is 15.4. The number of nitrogens with zero attached hydrogens (tertiary/aromatic N) is 1. The van der Waals surface area contributed by atoms with Gasteiger partial charge in [0, 0.05) is 18.6 Å². The average molecular weight is 408 g/mol. The van der Waals surface area contributed by atoms with Crippen molar-refractivity contribution in [2.75, 3.05) is 6.61 Å². The molecule has 9 nitrogen and oxygen atoms in total. The van der Waals surface area contributed by atoms with Crippen LogP contribution in [0.1, 0.15) is 44.9 Å². The molecule has 1 saturated carbocycles. The highest BCUT2D eigenvalue weighted by Gasteiger charge is 2.15. The smallest absolute Gasteiger partial charge is 0.276 e. The number of hydrogen-bond donors (Lipinski definition) is 3. The van der Waals surface area contributed by atoms with Gasteiger partial charge in [0.05, 0.1) is 4.92 Å². The van der Waals surface area contributed by atoms with Crippen molar-refractivity contribution in [3.63, 3.8) is 0 Å². The Balaban J connectivity index is 1.59. The van der Waals surface area contributed by atoms with Crippen molar-refractivity contribution in [2.45, 2.75) is 44.9 Å². The summed E-state index contributed by atoms with van der Waals surface area (Å²) < 4.78 is 5.22. The first-order valence-electron chi connectivity index (χ1n) is 9.20. The molecule has 1 aromatic rings. The Morgan fingerprint density at radius 3 is 2.43 bits per heavy atom. The summed E-state index contributed by atoms with van der Waals surface area (Å²) in [5.41, 5.74) is 4.69. The van der Waals surface area contributed by atoms with Gasteiger partial charge in [-0.25, -0.2) is 0 Å². The van der Waals surface area contributed by atoms with Crippen molar-refractivity contribution in [2.24, 2.45) is 5.92 Å². The molecule has 28 heavy (non-hydrogen) atoms. The van der Waals surface area contributed by atoms with E-state index in [4.69, 9.17) is 17.0 Å². The van der Waals surface area contributed by atoms with Gasteiger partial charge in [-0.3, -0.25) is 30.6 Å². The lowest BCUT2D eigenvalue weighted by Crippen LogP contribution is -2.49. The molecular formula is C18H24N4O5S. The molecule has 2 rings (SSSR count). The highest BCUT2D eigenvalue weighted by atomic mass is 32.1. The quantitative estimate of drug-likeness (QED) is 0.359. The van der Waals surface area contributed by atoms with Crippen molar-refractivity contribution in [3.8, 4) is 5.75 Å². The topological polar surface area (TPSA) is 123 Å². The van der Waals surface area contributed by atoms with Crippen LogP contribution < -0.4 is 20.9 Å². The number of hydrazine groups is 1. The summed E-state index contributed by atoms with van der Waals surface area (Å²) >= 11 is 4.97. The number of hydrogen-bond acceptors (Lipinski definition) is 6. The van der Waals surface area contributed by atoms with Crippen molar-refractivity contribution in [1.82, 2.24) is 16.2 Å². The molecule has 0 unspecified atom stereocenters. The van der Waals surface area contributed by atoms with Crippen LogP contribution in [0, 0.1) is 16.0 Å². The molecule has 0 atom stereocenters. The number of amides is 2. The third-order valence-corrected chi connectivity index (χ3v) is 4.69. The molecule has 0 aromatic heterocycles. The molecule has 1 aliphatic carbocycles. The minimum atomic E-state index is -0.523. The number of non-ortho nitro benzene ring substituents is 1. The predicted molar refractivity (Wildman–Crippen MR) is 106 cm³/mol. The zero-order valence-corrected chi connectivity index (χ0v) is 16.3. The third-order valence-electron chi connectivity index (χ3n) is 4.49. The van der Waals surface area contributed by atoms with E-state index >= 15 is 0 Å². The SMILES string of the molecule is O=C(COc1ccc([N+](=O)[O-])cc1)NNC(=S)NC(=O)CCC1CCCCC1. The molecule has 0 saturated heterocycles. The Morgan fingerprint density at radius 1 is 1.11 bits per heavy atom. The van der Waals surface area contributed by atoms with Gasteiger partial charge >= 0.3 is 0 Å². The first-order valence-corrected chi connectivity index (χ1v) is 9.61. The van der Waals surface area contributed by atoms with Crippen LogP contribution in [0.2, 0.25) is 0 Å². The van der Waals surface area contributed by atoms with E-state index in [0.29, 0.717) is 18.1 Å². The second kappa shape index (κ2) is 11.2. The maximum Gasteiger partial charge on any atom is 0.276 e. The van der Waals surface area contributed by atoms with Gasteiger partial charge in [0.1, 0.15) is 5.75 Å². The molecular weight excluding hydrogens is 384 g/mol. The van der Waals surface area contributed by atoms with E-state index in [0.717, 1.165) is 6.42 Å². The van der Waals surface area contributed by atoms with E-state index in [2.05, 4.69) is 16.2 Å². The molecule has 0 spiro atoms. The Morgan fingerprint density at radius 2 is 1.79 bits per heavy atom. The summed E-state index contributed by atoms with van der Waals surface area (Å²) in [6.07, 6.45) is 7.37. The lowest BCUT2D eigenvalue weighted by Gasteiger charge is -2.21. The van der Waals surface area contributed by atoms with E-state index in [1.807, 2.05) is 0 Å². The fourth-order valence-corrected chi connectivity index (χ4v) is 3.17. The number of nitro benzene ring substituents is 1. The number of nitro groups is 1. The summed E-state index contributed by atoms with van der Waals surface area (Å²) in [7, 11) is 0. The zero-order chi connectivity index (χ0) is 20.4. The van der Waals surface area contributed by atoms with Crippen LogP contribution in [-0.2, 0) is 9.59 Å². The number of carbonyl (C=O) groups is 2. The lowest BCUT2D eigenvalue weighted by molar-refractivity contribution is -0.384. The van der Waals surface area contributed by atoms with Crippen molar-refractivity contribution < 1.29 is 19.2 Å². The average Bonchev–Trinajstić information content (AvgIpc) is 2.70. The van der Waals surface area contributed by atoms with Crippen molar-refractivity contribution >= 4 is 34.8 Å². The van der Waals surface area contributed by atoms with Crippen LogP contribution in [0.3, 0.4) is 0 Å². The van der Waals surface area contributed by atoms with E-state index < -0.39 is 10.8 Å². The first-order chi connectivity index (χ1) is 13.4.